The minimum absolute atomic E-state index is 0.0452. The van der Waals surface area contributed by atoms with Gasteiger partial charge in [-0.05, 0) is 19.8 Å². The second-order valence-electron chi connectivity index (χ2n) is 4.13. The predicted molar refractivity (Wildman–Crippen MR) is 67.6 cm³/mol. The monoisotopic (exact) mass is 271 g/mol. The van der Waals surface area contributed by atoms with Crippen molar-refractivity contribution in [1.82, 2.24) is 20.2 Å². The van der Waals surface area contributed by atoms with Crippen molar-refractivity contribution in [2.24, 2.45) is 0 Å². The summed E-state index contributed by atoms with van der Waals surface area (Å²) in [4.78, 5) is 11.6. The number of aryl methyl sites for hydroxylation is 1. The molecule has 1 aliphatic heterocycles. The van der Waals surface area contributed by atoms with E-state index in [1.807, 2.05) is 0 Å². The molecule has 100 valence electrons. The highest BCUT2D eigenvalue weighted by Gasteiger charge is 2.16. The van der Waals surface area contributed by atoms with Crippen LogP contribution in [0.4, 0.5) is 0 Å². The fraction of sp³-hybridized carbons (Fsp3) is 0.700. The lowest BCUT2D eigenvalue weighted by Crippen LogP contribution is -2.33. The van der Waals surface area contributed by atoms with Crippen molar-refractivity contribution in [3.63, 3.8) is 0 Å². The number of nitrogen functional groups attached to an aromatic ring is 1. The number of carbonyl (C=O) groups is 1. The van der Waals surface area contributed by atoms with Gasteiger partial charge in [-0.25, -0.2) is 4.68 Å². The van der Waals surface area contributed by atoms with E-state index in [-0.39, 0.29) is 17.8 Å². The Morgan fingerprint density at radius 3 is 3.11 bits per heavy atom. The van der Waals surface area contributed by atoms with E-state index in [9.17, 15) is 4.79 Å². The molecule has 2 heterocycles. The van der Waals surface area contributed by atoms with Crippen LogP contribution >= 0.6 is 11.8 Å². The minimum atomic E-state index is -0.0452. The Kier molecular flexibility index (Phi) is 4.43. The summed E-state index contributed by atoms with van der Waals surface area (Å²) in [5.74, 6) is 6.54. The SMILES string of the molecule is Cc1nnc(SCC(=O)NCC2CCCO2)n1N. The molecule has 1 aliphatic rings. The Bertz CT molecular complexity index is 416. The van der Waals surface area contributed by atoms with Gasteiger partial charge in [0.15, 0.2) is 0 Å². The van der Waals surface area contributed by atoms with Crippen molar-refractivity contribution in [3.8, 4) is 0 Å². The maximum Gasteiger partial charge on any atom is 0.230 e. The van der Waals surface area contributed by atoms with Crippen LogP contribution < -0.4 is 11.2 Å². The second-order valence-corrected chi connectivity index (χ2v) is 5.07. The second kappa shape index (κ2) is 6.05. The number of nitrogens with two attached hydrogens (primary N) is 1. The highest BCUT2D eigenvalue weighted by molar-refractivity contribution is 7.99. The molecule has 0 saturated carbocycles. The van der Waals surface area contributed by atoms with Crippen LogP contribution in [0.3, 0.4) is 0 Å². The molecule has 8 heteroatoms. The van der Waals surface area contributed by atoms with E-state index < -0.39 is 0 Å². The van der Waals surface area contributed by atoms with Crippen molar-refractivity contribution in [1.29, 1.82) is 0 Å². The molecule has 7 nitrogen and oxygen atoms in total. The Labute approximate surface area is 109 Å². The summed E-state index contributed by atoms with van der Waals surface area (Å²) in [5.41, 5.74) is 0. The molecule has 0 aromatic carbocycles. The van der Waals surface area contributed by atoms with Gasteiger partial charge in [0, 0.05) is 13.2 Å². The van der Waals surface area contributed by atoms with E-state index in [4.69, 9.17) is 10.6 Å². The number of nitrogens with one attached hydrogen (secondary N) is 1. The van der Waals surface area contributed by atoms with Gasteiger partial charge in [0.25, 0.3) is 0 Å². The summed E-state index contributed by atoms with van der Waals surface area (Å²) in [6, 6.07) is 0. The van der Waals surface area contributed by atoms with E-state index >= 15 is 0 Å². The predicted octanol–water partition coefficient (Wildman–Crippen LogP) is -0.312. The van der Waals surface area contributed by atoms with Crippen LogP contribution in [0, 0.1) is 6.92 Å². The maximum atomic E-state index is 11.6. The van der Waals surface area contributed by atoms with Crippen LogP contribution in [0.2, 0.25) is 0 Å². The standard InChI is InChI=1S/C10H17N5O2S/c1-7-13-14-10(15(7)11)18-6-9(16)12-5-8-3-2-4-17-8/h8H,2-6,11H2,1H3,(H,12,16). The average Bonchev–Trinajstić information content (AvgIpc) is 2.97. The zero-order valence-corrected chi connectivity index (χ0v) is 11.1. The molecule has 0 spiro atoms. The van der Waals surface area contributed by atoms with Crippen LogP contribution in [0.5, 0.6) is 0 Å². The fourth-order valence-corrected chi connectivity index (χ4v) is 2.39. The largest absolute Gasteiger partial charge is 0.376 e. The molecule has 1 atom stereocenters. The first-order chi connectivity index (χ1) is 8.66. The van der Waals surface area contributed by atoms with Crippen molar-refractivity contribution in [2.45, 2.75) is 31.0 Å². The van der Waals surface area contributed by atoms with Crippen LogP contribution in [0.15, 0.2) is 5.16 Å². The van der Waals surface area contributed by atoms with E-state index in [2.05, 4.69) is 15.5 Å². The average molecular weight is 271 g/mol. The molecule has 1 saturated heterocycles. The van der Waals surface area contributed by atoms with Crippen molar-refractivity contribution < 1.29 is 9.53 Å². The fourth-order valence-electron chi connectivity index (χ4n) is 1.66. The molecule has 1 fully saturated rings. The van der Waals surface area contributed by atoms with E-state index in [1.54, 1.807) is 6.92 Å². The number of thioether (sulfide) groups is 1. The summed E-state index contributed by atoms with van der Waals surface area (Å²) >= 11 is 1.27. The number of nitrogens with zero attached hydrogens (tertiary/aromatic N) is 3. The molecule has 1 aromatic heterocycles. The molecule has 1 unspecified atom stereocenters. The Hall–Kier alpha value is -1.28. The molecule has 0 aliphatic carbocycles. The molecule has 18 heavy (non-hydrogen) atoms. The normalized spacial score (nSPS) is 19.1. The van der Waals surface area contributed by atoms with Crippen LogP contribution in [0.1, 0.15) is 18.7 Å². The van der Waals surface area contributed by atoms with Crippen LogP contribution in [-0.2, 0) is 9.53 Å². The first kappa shape index (κ1) is 13.2. The first-order valence-corrected chi connectivity index (χ1v) is 6.83. The number of ether oxygens (including phenoxy) is 1. The number of carbonyl (C=O) groups excluding carboxylic acids is 1. The first-order valence-electron chi connectivity index (χ1n) is 5.85. The van der Waals surface area contributed by atoms with Crippen molar-refractivity contribution in [3.05, 3.63) is 5.82 Å². The summed E-state index contributed by atoms with van der Waals surface area (Å²) in [5, 5.41) is 11.1. The summed E-state index contributed by atoms with van der Waals surface area (Å²) in [7, 11) is 0. The van der Waals surface area contributed by atoms with Crippen molar-refractivity contribution >= 4 is 17.7 Å². The third-order valence-electron chi connectivity index (χ3n) is 2.72. The molecular weight excluding hydrogens is 254 g/mol. The minimum Gasteiger partial charge on any atom is -0.376 e. The number of rotatable bonds is 5. The molecule has 0 bridgehead atoms. The van der Waals surface area contributed by atoms with Crippen LogP contribution in [0.25, 0.3) is 0 Å². The summed E-state index contributed by atoms with van der Waals surface area (Å²) in [6.07, 6.45) is 2.26. The highest BCUT2D eigenvalue weighted by atomic mass is 32.2. The van der Waals surface area contributed by atoms with Gasteiger partial charge in [0.2, 0.25) is 11.1 Å². The third kappa shape index (κ3) is 3.36. The number of aromatic nitrogens is 3. The van der Waals surface area contributed by atoms with Gasteiger partial charge in [-0.3, -0.25) is 4.79 Å². The van der Waals surface area contributed by atoms with Crippen LogP contribution in [-0.4, -0.2) is 45.8 Å². The lowest BCUT2D eigenvalue weighted by Gasteiger charge is -2.10. The quantitative estimate of drug-likeness (QED) is 0.563. The molecule has 0 radical (unpaired) electrons. The maximum absolute atomic E-state index is 11.6. The molecule has 1 aromatic rings. The summed E-state index contributed by atoms with van der Waals surface area (Å²) in [6.45, 7) is 3.13. The van der Waals surface area contributed by atoms with Crippen molar-refractivity contribution in [2.75, 3.05) is 24.7 Å². The van der Waals surface area contributed by atoms with Gasteiger partial charge in [-0.2, -0.15) is 0 Å². The number of amides is 1. The molecule has 1 amide bonds. The lowest BCUT2D eigenvalue weighted by atomic mass is 10.2. The Balaban J connectivity index is 1.69. The van der Waals surface area contributed by atoms with Gasteiger partial charge >= 0.3 is 0 Å². The van der Waals surface area contributed by atoms with E-state index in [0.717, 1.165) is 19.4 Å². The molecule has 2 rings (SSSR count). The lowest BCUT2D eigenvalue weighted by molar-refractivity contribution is -0.119. The topological polar surface area (TPSA) is 95.1 Å². The van der Waals surface area contributed by atoms with Gasteiger partial charge in [0.1, 0.15) is 5.82 Å². The molecule has 3 N–H and O–H groups in total. The summed E-state index contributed by atoms with van der Waals surface area (Å²) < 4.78 is 6.79. The Morgan fingerprint density at radius 2 is 2.50 bits per heavy atom. The van der Waals surface area contributed by atoms with Gasteiger partial charge in [-0.15, -0.1) is 10.2 Å². The number of hydrogen-bond acceptors (Lipinski definition) is 6. The zero-order valence-electron chi connectivity index (χ0n) is 10.3. The van der Waals surface area contributed by atoms with Gasteiger partial charge < -0.3 is 15.9 Å². The zero-order chi connectivity index (χ0) is 13.0. The third-order valence-corrected chi connectivity index (χ3v) is 3.66. The Morgan fingerprint density at radius 1 is 1.67 bits per heavy atom. The van der Waals surface area contributed by atoms with Gasteiger partial charge in [-0.1, -0.05) is 11.8 Å². The molecular formula is C10H17N5O2S. The number of hydrogen-bond donors (Lipinski definition) is 2. The van der Waals surface area contributed by atoms with E-state index in [0.29, 0.717) is 17.5 Å². The van der Waals surface area contributed by atoms with E-state index in [1.165, 1.54) is 16.4 Å². The van der Waals surface area contributed by atoms with Gasteiger partial charge in [0.05, 0.1) is 11.9 Å². The smallest absolute Gasteiger partial charge is 0.230 e. The highest BCUT2D eigenvalue weighted by Crippen LogP contribution is 2.14.